The number of pyridine rings is 1. The molecule has 0 saturated carbocycles. The number of carboxylic acid groups (broad SMARTS) is 1. The first-order valence-electron chi connectivity index (χ1n) is 6.40. The summed E-state index contributed by atoms with van der Waals surface area (Å²) in [5.74, 6) is -0.664. The predicted molar refractivity (Wildman–Crippen MR) is 83.9 cm³/mol. The Hall–Kier alpha value is -1.82. The van der Waals surface area contributed by atoms with E-state index in [0.29, 0.717) is 23.1 Å². The fourth-order valence-corrected chi connectivity index (χ4v) is 2.28. The summed E-state index contributed by atoms with van der Waals surface area (Å²) in [5, 5.41) is 9.72. The van der Waals surface area contributed by atoms with Crippen molar-refractivity contribution in [2.75, 3.05) is 7.11 Å². The minimum atomic E-state index is -1.10. The van der Waals surface area contributed by atoms with Crippen molar-refractivity contribution in [1.29, 1.82) is 0 Å². The first-order valence-corrected chi connectivity index (χ1v) is 6.40. The van der Waals surface area contributed by atoms with Crippen LogP contribution < -0.4 is 4.74 Å². The number of methoxy groups -OCH3 is 1. The number of carboxylic acids is 1. The average molecular weight is 307 g/mol. The minimum absolute atomic E-state index is 0. The third-order valence-corrected chi connectivity index (χ3v) is 3.20. The molecule has 5 nitrogen and oxygen atoms in total. The van der Waals surface area contributed by atoms with Gasteiger partial charge >= 0.3 is 35.5 Å². The Balaban J connectivity index is 0.00000176. The molecule has 0 aliphatic rings. The number of fused-ring (bicyclic) bond motifs is 1. The number of nitrogens with zero attached hydrogens (tertiary/aromatic N) is 1. The summed E-state index contributed by atoms with van der Waals surface area (Å²) >= 11 is 0. The van der Waals surface area contributed by atoms with Crippen LogP contribution in [0.4, 0.5) is 0 Å². The van der Waals surface area contributed by atoms with Gasteiger partial charge in [-0.25, -0.2) is 4.79 Å². The molecular weight excluding hydrogens is 293 g/mol. The molecule has 0 saturated heterocycles. The molecule has 0 amide bonds. The Labute approximate surface area is 149 Å². The molecule has 108 valence electrons. The molecule has 1 N–H and O–H groups in total. The first kappa shape index (κ1) is 16.5. The molecule has 0 fully saturated rings. The van der Waals surface area contributed by atoms with E-state index < -0.39 is 5.97 Å². The van der Waals surface area contributed by atoms with Crippen LogP contribution in [0.5, 0.6) is 5.75 Å². The third-order valence-electron chi connectivity index (χ3n) is 3.20. The van der Waals surface area contributed by atoms with Crippen LogP contribution in [-0.2, 0) is 6.42 Å². The number of aromatic carboxylic acids is 1. The first-order chi connectivity index (χ1) is 10.2. The van der Waals surface area contributed by atoms with E-state index in [1.807, 2.05) is 24.3 Å². The van der Waals surface area contributed by atoms with E-state index in [4.69, 9.17) is 14.3 Å². The molecule has 3 aromatic rings. The summed E-state index contributed by atoms with van der Waals surface area (Å²) in [6.07, 6.45) is 4.21. The Morgan fingerprint density at radius 3 is 2.77 bits per heavy atom. The second kappa shape index (κ2) is 6.96. The van der Waals surface area contributed by atoms with Crippen LogP contribution in [0.2, 0.25) is 0 Å². The van der Waals surface area contributed by atoms with Crippen LogP contribution in [0.15, 0.2) is 47.1 Å². The van der Waals surface area contributed by atoms with E-state index >= 15 is 0 Å². The number of benzene rings is 1. The van der Waals surface area contributed by atoms with Gasteiger partial charge in [-0.3, -0.25) is 4.98 Å². The molecule has 2 aromatic heterocycles. The third kappa shape index (κ3) is 3.32. The fraction of sp³-hybridized carbons (Fsp3) is 0.125. The monoisotopic (exact) mass is 307 g/mol. The van der Waals surface area contributed by atoms with Gasteiger partial charge in [-0.2, -0.15) is 0 Å². The van der Waals surface area contributed by atoms with E-state index in [9.17, 15) is 4.79 Å². The van der Waals surface area contributed by atoms with Crippen molar-refractivity contribution in [2.45, 2.75) is 6.42 Å². The number of ether oxygens (including phenoxy) is 1. The second-order valence-electron chi connectivity index (χ2n) is 4.67. The standard InChI is InChI=1S/C16H13NO4.Na.H/c1-20-13-7-11(5-10-3-2-4-17-9-10)6-12-8-14(16(18)19)21-15(12)13;;/h2-4,6-9H,5H2,1H3,(H,18,19);;. The molecule has 0 radical (unpaired) electrons. The molecule has 22 heavy (non-hydrogen) atoms. The van der Waals surface area contributed by atoms with Crippen LogP contribution in [0, 0.1) is 0 Å². The van der Waals surface area contributed by atoms with Crippen LogP contribution in [-0.4, -0.2) is 52.7 Å². The van der Waals surface area contributed by atoms with Crippen molar-refractivity contribution < 1.29 is 19.1 Å². The molecule has 0 spiro atoms. The predicted octanol–water partition coefficient (Wildman–Crippen LogP) is 2.48. The van der Waals surface area contributed by atoms with Crippen LogP contribution in [0.25, 0.3) is 11.0 Å². The van der Waals surface area contributed by atoms with Gasteiger partial charge in [0.15, 0.2) is 11.3 Å². The molecule has 0 unspecified atom stereocenters. The number of hydrogen-bond acceptors (Lipinski definition) is 4. The second-order valence-corrected chi connectivity index (χ2v) is 4.67. The molecular formula is C16H14NNaO4. The molecule has 0 atom stereocenters. The van der Waals surface area contributed by atoms with Crippen molar-refractivity contribution in [3.05, 3.63) is 59.6 Å². The molecule has 6 heteroatoms. The zero-order chi connectivity index (χ0) is 14.8. The van der Waals surface area contributed by atoms with Crippen molar-refractivity contribution in [2.24, 2.45) is 0 Å². The Bertz CT molecular complexity index is 799. The molecule has 3 rings (SSSR count). The SMILES string of the molecule is COc1cc(Cc2cccnc2)cc2cc(C(=O)O)oc12.[NaH]. The Morgan fingerprint density at radius 1 is 1.32 bits per heavy atom. The zero-order valence-electron chi connectivity index (χ0n) is 11.4. The molecule has 1 aromatic carbocycles. The van der Waals surface area contributed by atoms with E-state index in [1.165, 1.54) is 13.2 Å². The summed E-state index contributed by atoms with van der Waals surface area (Å²) < 4.78 is 10.6. The van der Waals surface area contributed by atoms with Crippen LogP contribution in [0.1, 0.15) is 21.7 Å². The number of aromatic nitrogens is 1. The summed E-state index contributed by atoms with van der Waals surface area (Å²) in [6, 6.07) is 9.13. The maximum atomic E-state index is 11.0. The van der Waals surface area contributed by atoms with Gasteiger partial charge in [0.05, 0.1) is 7.11 Å². The van der Waals surface area contributed by atoms with Crippen molar-refractivity contribution in [3.8, 4) is 5.75 Å². The number of furan rings is 1. The van der Waals surface area contributed by atoms with Gasteiger partial charge in [0.2, 0.25) is 5.76 Å². The topological polar surface area (TPSA) is 72.6 Å². The maximum absolute atomic E-state index is 11.0. The van der Waals surface area contributed by atoms with Gasteiger partial charge < -0.3 is 14.3 Å². The van der Waals surface area contributed by atoms with Gasteiger partial charge in [-0.05, 0) is 41.8 Å². The van der Waals surface area contributed by atoms with Crippen molar-refractivity contribution >= 4 is 46.5 Å². The Kier molecular flexibility index (Phi) is 5.24. The van der Waals surface area contributed by atoms with Crippen molar-refractivity contribution in [3.63, 3.8) is 0 Å². The summed E-state index contributed by atoms with van der Waals surface area (Å²) in [7, 11) is 1.53. The number of hydrogen-bond donors (Lipinski definition) is 1. The zero-order valence-corrected chi connectivity index (χ0v) is 11.4. The Morgan fingerprint density at radius 2 is 2.14 bits per heavy atom. The van der Waals surface area contributed by atoms with Crippen molar-refractivity contribution in [1.82, 2.24) is 4.98 Å². The van der Waals surface area contributed by atoms with E-state index in [0.717, 1.165) is 11.1 Å². The molecule has 0 aliphatic heterocycles. The summed E-state index contributed by atoms with van der Waals surface area (Å²) in [4.78, 5) is 15.1. The van der Waals surface area contributed by atoms with Crippen LogP contribution in [0.3, 0.4) is 0 Å². The number of rotatable bonds is 4. The van der Waals surface area contributed by atoms with E-state index in [2.05, 4.69) is 4.98 Å². The van der Waals surface area contributed by atoms with Gasteiger partial charge in [0.25, 0.3) is 0 Å². The van der Waals surface area contributed by atoms with E-state index in [1.54, 1.807) is 12.4 Å². The average Bonchev–Trinajstić information content (AvgIpc) is 2.91. The quantitative estimate of drug-likeness (QED) is 0.750. The van der Waals surface area contributed by atoms with Gasteiger partial charge in [-0.1, -0.05) is 6.07 Å². The molecule has 2 heterocycles. The molecule has 0 aliphatic carbocycles. The summed E-state index contributed by atoms with van der Waals surface area (Å²) in [6.45, 7) is 0. The van der Waals surface area contributed by atoms with Gasteiger partial charge in [0.1, 0.15) is 0 Å². The molecule has 0 bridgehead atoms. The summed E-state index contributed by atoms with van der Waals surface area (Å²) in [5.41, 5.74) is 2.52. The fourth-order valence-electron chi connectivity index (χ4n) is 2.28. The van der Waals surface area contributed by atoms with Gasteiger partial charge in [0, 0.05) is 17.8 Å². The number of carbonyl (C=O) groups is 1. The van der Waals surface area contributed by atoms with Gasteiger partial charge in [-0.15, -0.1) is 0 Å². The van der Waals surface area contributed by atoms with E-state index in [-0.39, 0.29) is 35.3 Å². The van der Waals surface area contributed by atoms with Crippen LogP contribution >= 0.6 is 0 Å². The normalized spacial score (nSPS) is 10.2.